The number of carbonyl (C=O) groups excluding carboxylic acids is 1. The number of aromatic nitrogens is 1. The molecule has 8 nitrogen and oxygen atoms in total. The zero-order chi connectivity index (χ0) is 25.5. The Bertz CT molecular complexity index is 1010. The van der Waals surface area contributed by atoms with E-state index in [0.717, 1.165) is 30.9 Å². The maximum atomic E-state index is 12.8. The maximum absolute atomic E-state index is 12.8. The smallest absolute Gasteiger partial charge is 0.249 e. The van der Waals surface area contributed by atoms with Crippen LogP contribution in [0.15, 0.2) is 24.4 Å². The number of methoxy groups -OCH3 is 1. The normalized spacial score (nSPS) is 19.8. The molecule has 36 heavy (non-hydrogen) atoms. The van der Waals surface area contributed by atoms with Gasteiger partial charge in [-0.1, -0.05) is 32.1 Å². The van der Waals surface area contributed by atoms with Crippen molar-refractivity contribution in [3.05, 3.63) is 35.5 Å². The summed E-state index contributed by atoms with van der Waals surface area (Å²) < 4.78 is 5.36. The second-order valence-corrected chi connectivity index (χ2v) is 10.6. The minimum atomic E-state index is -0.891. The van der Waals surface area contributed by atoms with Crippen molar-refractivity contribution < 1.29 is 25.0 Å². The first-order valence-corrected chi connectivity index (χ1v) is 13.4. The van der Waals surface area contributed by atoms with E-state index in [1.807, 2.05) is 23.7 Å². The van der Waals surface area contributed by atoms with Crippen LogP contribution in [0, 0.1) is 11.3 Å². The van der Waals surface area contributed by atoms with Crippen LogP contribution in [-0.4, -0.2) is 58.0 Å². The topological polar surface area (TPSA) is 115 Å². The standard InChI is InChI=1S/C28H41N3O5/c1-36-22-7-8-24-23(17-22)26(21(19-32)18-29-24)25(33)9-11-28(27(34)30-35)12-15-31(16-13-28)14-10-20-5-3-2-4-6-20/h7-8,17-18,20,25,32-33,35H,2-6,9-16,19H2,1H3,(H,30,34)/t25-/m1/s1. The van der Waals surface area contributed by atoms with E-state index in [-0.39, 0.29) is 12.5 Å². The summed E-state index contributed by atoms with van der Waals surface area (Å²) in [6.45, 7) is 2.45. The van der Waals surface area contributed by atoms with Crippen LogP contribution in [0.1, 0.15) is 81.4 Å². The van der Waals surface area contributed by atoms with E-state index in [1.54, 1.807) is 13.3 Å². The van der Waals surface area contributed by atoms with Gasteiger partial charge in [0.25, 0.3) is 0 Å². The second-order valence-electron chi connectivity index (χ2n) is 10.6. The minimum Gasteiger partial charge on any atom is -0.497 e. The summed E-state index contributed by atoms with van der Waals surface area (Å²) in [5, 5.41) is 31.5. The molecule has 1 aromatic heterocycles. The molecule has 1 amide bonds. The molecule has 1 aliphatic heterocycles. The predicted molar refractivity (Wildman–Crippen MR) is 138 cm³/mol. The monoisotopic (exact) mass is 499 g/mol. The van der Waals surface area contributed by atoms with Crippen LogP contribution in [0.3, 0.4) is 0 Å². The van der Waals surface area contributed by atoms with Gasteiger partial charge in [-0.3, -0.25) is 15.0 Å². The fraction of sp³-hybridized carbons (Fsp3) is 0.643. The van der Waals surface area contributed by atoms with Gasteiger partial charge < -0.3 is 19.8 Å². The van der Waals surface area contributed by atoms with Crippen molar-refractivity contribution in [2.45, 2.75) is 76.9 Å². The van der Waals surface area contributed by atoms with Crippen molar-refractivity contribution in [1.82, 2.24) is 15.4 Å². The van der Waals surface area contributed by atoms with Crippen LogP contribution in [0.4, 0.5) is 0 Å². The molecular formula is C28H41N3O5. The summed E-state index contributed by atoms with van der Waals surface area (Å²) in [7, 11) is 1.58. The third-order valence-corrected chi connectivity index (χ3v) is 8.57. The van der Waals surface area contributed by atoms with E-state index in [9.17, 15) is 20.2 Å². The maximum Gasteiger partial charge on any atom is 0.249 e. The summed E-state index contributed by atoms with van der Waals surface area (Å²) in [4.78, 5) is 19.7. The molecule has 1 aliphatic carbocycles. The van der Waals surface area contributed by atoms with Crippen LogP contribution in [0.5, 0.6) is 5.75 Å². The second kappa shape index (κ2) is 12.3. The van der Waals surface area contributed by atoms with Crippen LogP contribution in [-0.2, 0) is 11.4 Å². The molecule has 2 aromatic rings. The number of fused-ring (bicyclic) bond motifs is 1. The van der Waals surface area contributed by atoms with Crippen LogP contribution < -0.4 is 10.2 Å². The number of benzene rings is 1. The Labute approximate surface area is 213 Å². The molecule has 1 saturated carbocycles. The third kappa shape index (κ3) is 5.99. The number of ether oxygens (including phenoxy) is 1. The lowest BCUT2D eigenvalue weighted by atomic mass is 9.73. The predicted octanol–water partition coefficient (Wildman–Crippen LogP) is 4.11. The van der Waals surface area contributed by atoms with Crippen molar-refractivity contribution in [2.75, 3.05) is 26.7 Å². The highest BCUT2D eigenvalue weighted by molar-refractivity contribution is 5.85. The molecule has 2 heterocycles. The van der Waals surface area contributed by atoms with E-state index in [2.05, 4.69) is 9.88 Å². The molecule has 8 heteroatoms. The molecule has 1 saturated heterocycles. The summed E-state index contributed by atoms with van der Waals surface area (Å²) in [6.07, 6.45) is 10.7. The van der Waals surface area contributed by atoms with E-state index < -0.39 is 11.5 Å². The number of hydroxylamine groups is 1. The molecule has 0 bridgehead atoms. The number of hydrogen-bond donors (Lipinski definition) is 4. The average molecular weight is 500 g/mol. The van der Waals surface area contributed by atoms with Gasteiger partial charge in [0.05, 0.1) is 30.8 Å². The van der Waals surface area contributed by atoms with Crippen LogP contribution in [0.25, 0.3) is 10.9 Å². The first-order chi connectivity index (χ1) is 17.5. The molecule has 1 aromatic carbocycles. The fourth-order valence-electron chi connectivity index (χ4n) is 6.19. The minimum absolute atomic E-state index is 0.245. The number of pyridine rings is 1. The number of nitrogens with one attached hydrogen (secondary N) is 1. The van der Waals surface area contributed by atoms with Crippen molar-refractivity contribution in [1.29, 1.82) is 0 Å². The Balaban J connectivity index is 1.44. The number of amides is 1. The van der Waals surface area contributed by atoms with E-state index in [0.29, 0.717) is 48.1 Å². The van der Waals surface area contributed by atoms with Gasteiger partial charge in [-0.15, -0.1) is 0 Å². The van der Waals surface area contributed by atoms with Gasteiger partial charge in [0.2, 0.25) is 5.91 Å². The summed E-state index contributed by atoms with van der Waals surface area (Å²) in [5.41, 5.74) is 3.05. The fourth-order valence-corrected chi connectivity index (χ4v) is 6.19. The molecule has 4 N–H and O–H groups in total. The average Bonchev–Trinajstić information content (AvgIpc) is 2.94. The van der Waals surface area contributed by atoms with E-state index in [4.69, 9.17) is 4.74 Å². The number of likely N-dealkylation sites (tertiary alicyclic amines) is 1. The summed E-state index contributed by atoms with van der Waals surface area (Å²) in [5.74, 6) is 1.10. The SMILES string of the molecule is COc1ccc2ncc(CO)c([C@H](O)CCC3(C(=O)NO)CCN(CCC4CCCCC4)CC3)c2c1. The Morgan fingerprint density at radius 2 is 2.00 bits per heavy atom. The Hall–Kier alpha value is -2.26. The first kappa shape index (κ1) is 26.8. The number of aliphatic hydroxyl groups excluding tert-OH is 2. The van der Waals surface area contributed by atoms with Crippen molar-refractivity contribution >= 4 is 16.8 Å². The lowest BCUT2D eigenvalue weighted by Crippen LogP contribution is -2.48. The number of nitrogens with zero attached hydrogens (tertiary/aromatic N) is 2. The Morgan fingerprint density at radius 1 is 1.25 bits per heavy atom. The molecule has 0 radical (unpaired) electrons. The summed E-state index contributed by atoms with van der Waals surface area (Å²) >= 11 is 0. The molecule has 4 rings (SSSR count). The van der Waals surface area contributed by atoms with Gasteiger partial charge in [-0.2, -0.15) is 0 Å². The van der Waals surface area contributed by atoms with Gasteiger partial charge in [-0.25, -0.2) is 5.48 Å². The van der Waals surface area contributed by atoms with Crippen molar-refractivity contribution in [2.24, 2.45) is 11.3 Å². The van der Waals surface area contributed by atoms with Crippen LogP contribution >= 0.6 is 0 Å². The van der Waals surface area contributed by atoms with E-state index >= 15 is 0 Å². The molecule has 198 valence electrons. The molecule has 0 unspecified atom stereocenters. The van der Waals surface area contributed by atoms with Gasteiger partial charge in [0.15, 0.2) is 0 Å². The molecule has 0 spiro atoms. The molecular weight excluding hydrogens is 458 g/mol. The van der Waals surface area contributed by atoms with Gasteiger partial charge in [0.1, 0.15) is 5.75 Å². The van der Waals surface area contributed by atoms with Gasteiger partial charge in [0, 0.05) is 17.1 Å². The quantitative estimate of drug-likeness (QED) is 0.287. The van der Waals surface area contributed by atoms with Gasteiger partial charge in [-0.05, 0) is 81.4 Å². The third-order valence-electron chi connectivity index (χ3n) is 8.57. The number of carbonyl (C=O) groups is 1. The lowest BCUT2D eigenvalue weighted by Gasteiger charge is -2.41. The number of hydrogen-bond acceptors (Lipinski definition) is 7. The highest BCUT2D eigenvalue weighted by atomic mass is 16.5. The highest BCUT2D eigenvalue weighted by Gasteiger charge is 2.41. The van der Waals surface area contributed by atoms with Crippen molar-refractivity contribution in [3.8, 4) is 5.75 Å². The molecule has 1 atom stereocenters. The van der Waals surface area contributed by atoms with Crippen molar-refractivity contribution in [3.63, 3.8) is 0 Å². The van der Waals surface area contributed by atoms with Crippen LogP contribution in [0.2, 0.25) is 0 Å². The summed E-state index contributed by atoms with van der Waals surface area (Å²) in [6, 6.07) is 5.46. The Kier molecular flexibility index (Phi) is 9.17. The zero-order valence-electron chi connectivity index (χ0n) is 21.4. The van der Waals surface area contributed by atoms with Gasteiger partial charge >= 0.3 is 0 Å². The highest BCUT2D eigenvalue weighted by Crippen LogP contribution is 2.40. The number of rotatable bonds is 10. The number of piperidine rings is 1. The lowest BCUT2D eigenvalue weighted by molar-refractivity contribution is -0.143. The zero-order valence-corrected chi connectivity index (χ0v) is 21.4. The molecule has 2 aliphatic rings. The molecule has 2 fully saturated rings. The largest absolute Gasteiger partial charge is 0.497 e. The van der Waals surface area contributed by atoms with E-state index in [1.165, 1.54) is 38.5 Å². The first-order valence-electron chi connectivity index (χ1n) is 13.4. The Morgan fingerprint density at radius 3 is 2.67 bits per heavy atom. The number of aliphatic hydroxyl groups is 2.